The van der Waals surface area contributed by atoms with Crippen LogP contribution in [0.5, 0.6) is 5.88 Å². The number of rotatable bonds is 3. The fraction of sp³-hybridized carbons (Fsp3) is 0.222. The first-order chi connectivity index (χ1) is 7.28. The summed E-state index contributed by atoms with van der Waals surface area (Å²) in [7, 11) is 1.58. The Bertz CT molecular complexity index is 436. The molecule has 0 fully saturated rings. The van der Waals surface area contributed by atoms with Crippen LogP contribution in [-0.4, -0.2) is 26.9 Å². The van der Waals surface area contributed by atoms with Gasteiger partial charge in [-0.25, -0.2) is 14.6 Å². The number of aromatic nitrogens is 4. The van der Waals surface area contributed by atoms with E-state index in [0.717, 1.165) is 5.56 Å². The van der Waals surface area contributed by atoms with Crippen molar-refractivity contribution in [3.8, 4) is 5.88 Å². The summed E-state index contributed by atoms with van der Waals surface area (Å²) in [5, 5.41) is 3.97. The monoisotopic (exact) mass is 205 g/mol. The van der Waals surface area contributed by atoms with Crippen molar-refractivity contribution in [2.24, 2.45) is 0 Å². The molecule has 2 heterocycles. The average molecular weight is 205 g/mol. The normalized spacial score (nSPS) is 10.2. The summed E-state index contributed by atoms with van der Waals surface area (Å²) in [5.74, 6) is 0.869. The van der Waals surface area contributed by atoms with E-state index < -0.39 is 0 Å². The van der Waals surface area contributed by atoms with Crippen molar-refractivity contribution >= 4 is 5.95 Å². The molecular formula is C9H11N5O. The van der Waals surface area contributed by atoms with Crippen LogP contribution < -0.4 is 10.5 Å². The second-order valence-electron chi connectivity index (χ2n) is 3.01. The Labute approximate surface area is 86.7 Å². The number of hydrogen-bond donors (Lipinski definition) is 1. The zero-order valence-electron chi connectivity index (χ0n) is 8.29. The molecule has 0 aliphatic rings. The maximum atomic E-state index is 5.40. The second kappa shape index (κ2) is 3.95. The first-order valence-electron chi connectivity index (χ1n) is 4.42. The largest absolute Gasteiger partial charge is 0.481 e. The lowest BCUT2D eigenvalue weighted by Gasteiger charge is -2.01. The highest BCUT2D eigenvalue weighted by Crippen LogP contribution is 2.07. The lowest BCUT2D eigenvalue weighted by Crippen LogP contribution is -2.01. The highest BCUT2D eigenvalue weighted by molar-refractivity contribution is 5.18. The summed E-state index contributed by atoms with van der Waals surface area (Å²) in [4.78, 5) is 7.92. The molecular weight excluding hydrogens is 194 g/mol. The number of methoxy groups -OCH3 is 1. The Morgan fingerprint density at radius 1 is 1.40 bits per heavy atom. The van der Waals surface area contributed by atoms with Gasteiger partial charge < -0.3 is 10.5 Å². The molecule has 15 heavy (non-hydrogen) atoms. The van der Waals surface area contributed by atoms with E-state index in [1.54, 1.807) is 30.4 Å². The summed E-state index contributed by atoms with van der Waals surface area (Å²) in [6.07, 6.45) is 3.32. The number of nitrogens with two attached hydrogens (primary N) is 1. The zero-order valence-corrected chi connectivity index (χ0v) is 8.29. The van der Waals surface area contributed by atoms with Crippen LogP contribution in [0.1, 0.15) is 5.56 Å². The van der Waals surface area contributed by atoms with Gasteiger partial charge in [-0.2, -0.15) is 0 Å². The van der Waals surface area contributed by atoms with E-state index in [1.807, 2.05) is 6.07 Å². The molecule has 0 bridgehead atoms. The van der Waals surface area contributed by atoms with Gasteiger partial charge in [0.1, 0.15) is 6.33 Å². The molecule has 0 spiro atoms. The predicted octanol–water partition coefficient (Wildman–Crippen LogP) is 0.312. The minimum absolute atomic E-state index is 0.275. The Hall–Kier alpha value is -2.11. The lowest BCUT2D eigenvalue weighted by atomic mass is 10.3. The third kappa shape index (κ3) is 2.22. The van der Waals surface area contributed by atoms with Gasteiger partial charge >= 0.3 is 0 Å². The number of anilines is 1. The smallest absolute Gasteiger partial charge is 0.239 e. The molecule has 6 heteroatoms. The molecule has 6 nitrogen and oxygen atoms in total. The van der Waals surface area contributed by atoms with Gasteiger partial charge in [-0.15, -0.1) is 5.10 Å². The number of nitrogen functional groups attached to an aromatic ring is 1. The Balaban J connectivity index is 2.11. The van der Waals surface area contributed by atoms with E-state index in [0.29, 0.717) is 12.4 Å². The molecule has 2 aromatic rings. The standard InChI is InChI=1S/C9H11N5O/c1-15-8-3-2-7(4-11-8)5-14-6-12-9(10)13-14/h2-4,6H,5H2,1H3,(H2,10,13). The SMILES string of the molecule is COc1ccc(Cn2cnc(N)n2)cn1. The molecule has 0 amide bonds. The molecule has 0 radical (unpaired) electrons. The quantitative estimate of drug-likeness (QED) is 0.780. The van der Waals surface area contributed by atoms with Crippen molar-refractivity contribution in [1.29, 1.82) is 0 Å². The van der Waals surface area contributed by atoms with Crippen molar-refractivity contribution < 1.29 is 4.74 Å². The molecule has 78 valence electrons. The first-order valence-corrected chi connectivity index (χ1v) is 4.42. The molecule has 2 N–H and O–H groups in total. The van der Waals surface area contributed by atoms with Crippen molar-refractivity contribution in [2.75, 3.05) is 12.8 Å². The summed E-state index contributed by atoms with van der Waals surface area (Å²) < 4.78 is 6.61. The minimum Gasteiger partial charge on any atom is -0.481 e. The summed E-state index contributed by atoms with van der Waals surface area (Å²) in [5.41, 5.74) is 6.41. The molecule has 0 saturated carbocycles. The fourth-order valence-corrected chi connectivity index (χ4v) is 1.20. The van der Waals surface area contributed by atoms with Gasteiger partial charge in [-0.1, -0.05) is 6.07 Å². The van der Waals surface area contributed by atoms with Gasteiger partial charge in [0.15, 0.2) is 0 Å². The van der Waals surface area contributed by atoms with Crippen molar-refractivity contribution in [2.45, 2.75) is 6.54 Å². The minimum atomic E-state index is 0.275. The Morgan fingerprint density at radius 3 is 2.80 bits per heavy atom. The van der Waals surface area contributed by atoms with E-state index in [-0.39, 0.29) is 5.95 Å². The molecule has 0 atom stereocenters. The summed E-state index contributed by atoms with van der Waals surface area (Å²) in [6, 6.07) is 3.72. The molecule has 0 aromatic carbocycles. The van der Waals surface area contributed by atoms with E-state index >= 15 is 0 Å². The van der Waals surface area contributed by atoms with E-state index in [1.165, 1.54) is 0 Å². The molecule has 2 rings (SSSR count). The first kappa shape index (κ1) is 9.45. The molecule has 0 aliphatic carbocycles. The number of pyridine rings is 1. The van der Waals surface area contributed by atoms with Crippen LogP contribution >= 0.6 is 0 Å². The van der Waals surface area contributed by atoms with Crippen molar-refractivity contribution in [1.82, 2.24) is 19.7 Å². The van der Waals surface area contributed by atoms with E-state index in [9.17, 15) is 0 Å². The summed E-state index contributed by atoms with van der Waals surface area (Å²) >= 11 is 0. The van der Waals surface area contributed by atoms with E-state index in [2.05, 4.69) is 15.1 Å². The summed E-state index contributed by atoms with van der Waals surface area (Å²) in [6.45, 7) is 0.598. The third-order valence-electron chi connectivity index (χ3n) is 1.91. The number of nitrogens with zero attached hydrogens (tertiary/aromatic N) is 4. The van der Waals surface area contributed by atoms with Gasteiger partial charge in [0.25, 0.3) is 0 Å². The molecule has 0 unspecified atom stereocenters. The van der Waals surface area contributed by atoms with Crippen LogP contribution in [0, 0.1) is 0 Å². The topological polar surface area (TPSA) is 78.9 Å². The van der Waals surface area contributed by atoms with Gasteiger partial charge in [0.2, 0.25) is 11.8 Å². The highest BCUT2D eigenvalue weighted by atomic mass is 16.5. The fourth-order valence-electron chi connectivity index (χ4n) is 1.20. The number of hydrogen-bond acceptors (Lipinski definition) is 5. The zero-order chi connectivity index (χ0) is 10.7. The van der Waals surface area contributed by atoms with Gasteiger partial charge in [0, 0.05) is 12.3 Å². The van der Waals surface area contributed by atoms with Crippen molar-refractivity contribution in [3.63, 3.8) is 0 Å². The molecule has 0 aliphatic heterocycles. The van der Waals surface area contributed by atoms with E-state index in [4.69, 9.17) is 10.5 Å². The maximum absolute atomic E-state index is 5.40. The maximum Gasteiger partial charge on any atom is 0.239 e. The van der Waals surface area contributed by atoms with Crippen LogP contribution in [0.2, 0.25) is 0 Å². The lowest BCUT2D eigenvalue weighted by molar-refractivity contribution is 0.397. The molecule has 0 saturated heterocycles. The van der Waals surface area contributed by atoms with Crippen LogP contribution in [-0.2, 0) is 6.54 Å². The van der Waals surface area contributed by atoms with Crippen LogP contribution in [0.3, 0.4) is 0 Å². The van der Waals surface area contributed by atoms with Gasteiger partial charge in [0.05, 0.1) is 13.7 Å². The Morgan fingerprint density at radius 2 is 2.27 bits per heavy atom. The van der Waals surface area contributed by atoms with Crippen molar-refractivity contribution in [3.05, 3.63) is 30.2 Å². The highest BCUT2D eigenvalue weighted by Gasteiger charge is 1.99. The van der Waals surface area contributed by atoms with Gasteiger partial charge in [-0.3, -0.25) is 0 Å². The Kier molecular flexibility index (Phi) is 2.49. The van der Waals surface area contributed by atoms with Crippen LogP contribution in [0.4, 0.5) is 5.95 Å². The predicted molar refractivity (Wildman–Crippen MR) is 54.3 cm³/mol. The average Bonchev–Trinajstić information content (AvgIpc) is 2.65. The van der Waals surface area contributed by atoms with Crippen LogP contribution in [0.25, 0.3) is 0 Å². The second-order valence-corrected chi connectivity index (χ2v) is 3.01. The molecule has 2 aromatic heterocycles. The van der Waals surface area contributed by atoms with Gasteiger partial charge in [-0.05, 0) is 5.56 Å². The third-order valence-corrected chi connectivity index (χ3v) is 1.91. The van der Waals surface area contributed by atoms with Crippen LogP contribution in [0.15, 0.2) is 24.7 Å². The number of ether oxygens (including phenoxy) is 1.